The summed E-state index contributed by atoms with van der Waals surface area (Å²) in [4.78, 5) is 21.3. The second-order valence-corrected chi connectivity index (χ2v) is 7.98. The van der Waals surface area contributed by atoms with E-state index in [1.807, 2.05) is 11.1 Å². The second-order valence-electron chi connectivity index (χ2n) is 7.98. The molecule has 0 N–H and O–H groups in total. The molecule has 2 aromatic rings. The van der Waals surface area contributed by atoms with Crippen molar-refractivity contribution in [2.24, 2.45) is 0 Å². The summed E-state index contributed by atoms with van der Waals surface area (Å²) in [5.74, 6) is 1.60. The van der Waals surface area contributed by atoms with E-state index in [1.54, 1.807) is 24.3 Å². The van der Waals surface area contributed by atoms with Gasteiger partial charge in [-0.05, 0) is 24.6 Å². The van der Waals surface area contributed by atoms with Gasteiger partial charge in [-0.3, -0.25) is 9.69 Å². The molecule has 1 aliphatic rings. The quantitative estimate of drug-likeness (QED) is 0.834. The van der Waals surface area contributed by atoms with Crippen LogP contribution in [-0.4, -0.2) is 46.9 Å². The molecule has 6 heteroatoms. The Balaban J connectivity index is 1.61. The Kier molecular flexibility index (Phi) is 5.62. The highest BCUT2D eigenvalue weighted by Crippen LogP contribution is 2.23. The zero-order chi connectivity index (χ0) is 19.4. The Morgan fingerprint density at radius 3 is 2.78 bits per heavy atom. The molecule has 1 amide bonds. The summed E-state index contributed by atoms with van der Waals surface area (Å²) in [6.07, 6.45) is 2.71. The number of benzene rings is 1. The standard InChI is InChI=1S/C21H26N4O2/c1-21(2,3)18-14-23-19(27-18)15-24-8-5-9-25(11-10-24)20(26)17-7-4-6-16(12-17)13-22/h4,6-7,12,14H,5,8-11,15H2,1-3H3. The first-order valence-electron chi connectivity index (χ1n) is 9.34. The lowest BCUT2D eigenvalue weighted by molar-refractivity contribution is 0.0760. The van der Waals surface area contributed by atoms with E-state index in [0.29, 0.717) is 30.8 Å². The van der Waals surface area contributed by atoms with Crippen molar-refractivity contribution in [2.45, 2.75) is 39.2 Å². The Labute approximate surface area is 160 Å². The van der Waals surface area contributed by atoms with Crippen LogP contribution < -0.4 is 0 Å². The number of carbonyl (C=O) groups is 1. The fraction of sp³-hybridized carbons (Fsp3) is 0.476. The highest BCUT2D eigenvalue weighted by atomic mass is 16.4. The molecule has 3 rings (SSSR count). The second kappa shape index (κ2) is 7.93. The van der Waals surface area contributed by atoms with Crippen LogP contribution in [0.2, 0.25) is 0 Å². The number of hydrogen-bond donors (Lipinski definition) is 0. The number of carbonyl (C=O) groups excluding carboxylic acids is 1. The fourth-order valence-corrected chi connectivity index (χ4v) is 3.16. The number of rotatable bonds is 3. The van der Waals surface area contributed by atoms with Crippen LogP contribution in [0.5, 0.6) is 0 Å². The van der Waals surface area contributed by atoms with Crippen LogP contribution in [0.3, 0.4) is 0 Å². The van der Waals surface area contributed by atoms with Crippen LogP contribution in [0.4, 0.5) is 0 Å². The maximum atomic E-state index is 12.8. The van der Waals surface area contributed by atoms with Crippen LogP contribution in [0.1, 0.15) is 54.8 Å². The van der Waals surface area contributed by atoms with Crippen molar-refractivity contribution >= 4 is 5.91 Å². The molecule has 0 aliphatic carbocycles. The zero-order valence-electron chi connectivity index (χ0n) is 16.2. The van der Waals surface area contributed by atoms with E-state index in [1.165, 1.54) is 0 Å². The highest BCUT2D eigenvalue weighted by Gasteiger charge is 2.23. The first-order valence-corrected chi connectivity index (χ1v) is 9.34. The smallest absolute Gasteiger partial charge is 0.253 e. The van der Waals surface area contributed by atoms with E-state index >= 15 is 0 Å². The van der Waals surface area contributed by atoms with Gasteiger partial charge < -0.3 is 9.32 Å². The van der Waals surface area contributed by atoms with Crippen molar-refractivity contribution in [1.82, 2.24) is 14.8 Å². The molecule has 0 atom stereocenters. The third kappa shape index (κ3) is 4.75. The molecule has 0 radical (unpaired) electrons. The lowest BCUT2D eigenvalue weighted by atomic mass is 9.94. The lowest BCUT2D eigenvalue weighted by Gasteiger charge is -2.21. The van der Waals surface area contributed by atoms with Gasteiger partial charge in [0.25, 0.3) is 5.91 Å². The van der Waals surface area contributed by atoms with Crippen molar-refractivity contribution in [3.05, 3.63) is 53.2 Å². The average Bonchev–Trinajstić information content (AvgIpc) is 3.00. The minimum atomic E-state index is -0.0504. The topological polar surface area (TPSA) is 73.4 Å². The number of nitriles is 1. The number of hydrogen-bond acceptors (Lipinski definition) is 5. The van der Waals surface area contributed by atoms with E-state index in [0.717, 1.165) is 31.2 Å². The minimum Gasteiger partial charge on any atom is -0.444 e. The van der Waals surface area contributed by atoms with E-state index in [9.17, 15) is 4.79 Å². The maximum Gasteiger partial charge on any atom is 0.253 e. The van der Waals surface area contributed by atoms with Gasteiger partial charge in [-0.15, -0.1) is 0 Å². The summed E-state index contributed by atoms with van der Waals surface area (Å²) in [5, 5.41) is 9.03. The summed E-state index contributed by atoms with van der Waals surface area (Å²) in [6, 6.07) is 8.98. The Hall–Kier alpha value is -2.65. The Bertz CT molecular complexity index is 844. The van der Waals surface area contributed by atoms with Gasteiger partial charge in [0.2, 0.25) is 5.89 Å². The van der Waals surface area contributed by atoms with Crippen LogP contribution in [0, 0.1) is 11.3 Å². The van der Waals surface area contributed by atoms with Gasteiger partial charge in [0.15, 0.2) is 0 Å². The molecule has 0 spiro atoms. The van der Waals surface area contributed by atoms with E-state index in [-0.39, 0.29) is 11.3 Å². The molecule has 1 saturated heterocycles. The van der Waals surface area contributed by atoms with Gasteiger partial charge >= 0.3 is 0 Å². The van der Waals surface area contributed by atoms with Crippen LogP contribution >= 0.6 is 0 Å². The van der Waals surface area contributed by atoms with Crippen LogP contribution in [-0.2, 0) is 12.0 Å². The molecule has 2 heterocycles. The monoisotopic (exact) mass is 366 g/mol. The molecule has 0 saturated carbocycles. The van der Waals surface area contributed by atoms with Crippen molar-refractivity contribution < 1.29 is 9.21 Å². The predicted molar refractivity (Wildman–Crippen MR) is 102 cm³/mol. The largest absolute Gasteiger partial charge is 0.444 e. The third-order valence-electron chi connectivity index (χ3n) is 4.77. The van der Waals surface area contributed by atoms with Crippen molar-refractivity contribution in [2.75, 3.05) is 26.2 Å². The first-order chi connectivity index (χ1) is 12.9. The molecule has 1 aromatic heterocycles. The molecule has 1 aromatic carbocycles. The van der Waals surface area contributed by atoms with Crippen molar-refractivity contribution in [3.63, 3.8) is 0 Å². The molecule has 0 bridgehead atoms. The average molecular weight is 366 g/mol. The molecule has 27 heavy (non-hydrogen) atoms. The fourth-order valence-electron chi connectivity index (χ4n) is 3.16. The number of oxazole rings is 1. The van der Waals surface area contributed by atoms with E-state index in [4.69, 9.17) is 9.68 Å². The first kappa shape index (κ1) is 19.1. The van der Waals surface area contributed by atoms with E-state index in [2.05, 4.69) is 36.7 Å². The third-order valence-corrected chi connectivity index (χ3v) is 4.77. The summed E-state index contributed by atoms with van der Waals surface area (Å²) in [5.41, 5.74) is 1.03. The summed E-state index contributed by atoms with van der Waals surface area (Å²) in [6.45, 7) is 10.0. The normalized spacial score (nSPS) is 16.0. The van der Waals surface area contributed by atoms with Gasteiger partial charge in [-0.1, -0.05) is 26.8 Å². The molecule has 142 valence electrons. The van der Waals surface area contributed by atoms with Crippen molar-refractivity contribution in [3.8, 4) is 6.07 Å². The SMILES string of the molecule is CC(C)(C)c1cnc(CN2CCCN(C(=O)c3cccc(C#N)c3)CC2)o1. The van der Waals surface area contributed by atoms with Gasteiger partial charge in [-0.25, -0.2) is 4.98 Å². The van der Waals surface area contributed by atoms with E-state index < -0.39 is 0 Å². The number of aromatic nitrogens is 1. The van der Waals surface area contributed by atoms with Gasteiger partial charge in [0.1, 0.15) is 5.76 Å². The predicted octanol–water partition coefficient (Wildman–Crippen LogP) is 3.19. The summed E-state index contributed by atoms with van der Waals surface area (Å²) < 4.78 is 5.90. The highest BCUT2D eigenvalue weighted by molar-refractivity contribution is 5.94. The maximum absolute atomic E-state index is 12.8. The molecule has 6 nitrogen and oxygen atoms in total. The van der Waals surface area contributed by atoms with Crippen LogP contribution in [0.15, 0.2) is 34.9 Å². The summed E-state index contributed by atoms with van der Waals surface area (Å²) in [7, 11) is 0. The Morgan fingerprint density at radius 1 is 1.26 bits per heavy atom. The van der Waals surface area contributed by atoms with Gasteiger partial charge in [0, 0.05) is 37.2 Å². The molecular formula is C21H26N4O2. The molecular weight excluding hydrogens is 340 g/mol. The number of nitrogens with zero attached hydrogens (tertiary/aromatic N) is 4. The van der Waals surface area contributed by atoms with Gasteiger partial charge in [0.05, 0.1) is 24.4 Å². The molecule has 1 aliphatic heterocycles. The number of amides is 1. The van der Waals surface area contributed by atoms with Gasteiger partial charge in [-0.2, -0.15) is 5.26 Å². The molecule has 1 fully saturated rings. The molecule has 0 unspecified atom stereocenters. The Morgan fingerprint density at radius 2 is 2.07 bits per heavy atom. The van der Waals surface area contributed by atoms with Crippen LogP contribution in [0.25, 0.3) is 0 Å². The lowest BCUT2D eigenvalue weighted by Crippen LogP contribution is -2.35. The van der Waals surface area contributed by atoms with Crippen molar-refractivity contribution in [1.29, 1.82) is 5.26 Å². The minimum absolute atomic E-state index is 0.0138. The zero-order valence-corrected chi connectivity index (χ0v) is 16.2. The summed E-state index contributed by atoms with van der Waals surface area (Å²) >= 11 is 0.